The minimum atomic E-state index is -0.369. The first-order chi connectivity index (χ1) is 12.4. The van der Waals surface area contributed by atoms with Gasteiger partial charge in [-0.15, -0.1) is 0 Å². The highest BCUT2D eigenvalue weighted by atomic mass is 16.6. The number of ether oxygens (including phenoxy) is 2. The summed E-state index contributed by atoms with van der Waals surface area (Å²) in [5.41, 5.74) is 1.55. The van der Waals surface area contributed by atoms with Crippen LogP contribution in [-0.4, -0.2) is 24.6 Å². The second-order valence-corrected chi connectivity index (χ2v) is 6.25. The second kappa shape index (κ2) is 6.96. The molecule has 0 radical (unpaired) electrons. The summed E-state index contributed by atoms with van der Waals surface area (Å²) in [6.07, 6.45) is 1.53. The van der Waals surface area contributed by atoms with Gasteiger partial charge in [0.05, 0.1) is 18.6 Å². The van der Waals surface area contributed by atoms with Crippen LogP contribution in [-0.2, 0) is 4.79 Å². The van der Waals surface area contributed by atoms with Crippen LogP contribution < -0.4 is 9.47 Å². The van der Waals surface area contributed by atoms with Crippen molar-refractivity contribution in [1.82, 2.24) is 0 Å². The molecule has 1 aliphatic rings. The first-order valence-electron chi connectivity index (χ1n) is 8.22. The van der Waals surface area contributed by atoms with Crippen LogP contribution in [0.15, 0.2) is 48.0 Å². The van der Waals surface area contributed by atoms with Crippen LogP contribution in [0.5, 0.6) is 11.5 Å². The maximum Gasteiger partial charge on any atom is 0.313 e. The van der Waals surface area contributed by atoms with Gasteiger partial charge in [-0.1, -0.05) is 44.2 Å². The monoisotopic (exact) mass is 350 g/mol. The molecule has 26 heavy (non-hydrogen) atoms. The molecule has 0 atom stereocenters. The van der Waals surface area contributed by atoms with Gasteiger partial charge in [0.25, 0.3) is 0 Å². The van der Waals surface area contributed by atoms with Crippen molar-refractivity contribution in [3.8, 4) is 11.5 Å². The third-order valence-electron chi connectivity index (χ3n) is 4.09. The largest absolute Gasteiger partial charge is 0.493 e. The molecule has 0 saturated carbocycles. The zero-order valence-corrected chi connectivity index (χ0v) is 14.7. The number of ketones is 2. The van der Waals surface area contributed by atoms with Gasteiger partial charge in [0.1, 0.15) is 0 Å². The van der Waals surface area contributed by atoms with Gasteiger partial charge in [-0.05, 0) is 23.8 Å². The fraction of sp³-hybridized carbons (Fsp3) is 0.190. The molecule has 1 aliphatic carbocycles. The lowest BCUT2D eigenvalue weighted by molar-refractivity contribution is -0.137. The minimum Gasteiger partial charge on any atom is -0.493 e. The summed E-state index contributed by atoms with van der Waals surface area (Å²) < 4.78 is 10.6. The first-order valence-corrected chi connectivity index (χ1v) is 8.22. The van der Waals surface area contributed by atoms with E-state index in [0.717, 1.165) is 0 Å². The van der Waals surface area contributed by atoms with Gasteiger partial charge in [0, 0.05) is 11.1 Å². The number of carbonyl (C=O) groups is 3. The van der Waals surface area contributed by atoms with Crippen molar-refractivity contribution in [2.75, 3.05) is 7.11 Å². The predicted octanol–water partition coefficient (Wildman–Crippen LogP) is 3.72. The van der Waals surface area contributed by atoms with Crippen molar-refractivity contribution < 1.29 is 23.9 Å². The molecule has 0 aromatic heterocycles. The standard InChI is InChI=1S/C21H18O5/c1-12(2)21(24)26-17-9-8-13(11-18(17)25-3)10-16-19(22)14-6-4-5-7-15(14)20(16)23/h4-12H,1-3H3. The Hall–Kier alpha value is -3.21. The van der Waals surface area contributed by atoms with Crippen LogP contribution in [0.25, 0.3) is 6.08 Å². The highest BCUT2D eigenvalue weighted by molar-refractivity contribution is 6.41. The van der Waals surface area contributed by atoms with Gasteiger partial charge >= 0.3 is 5.97 Å². The number of benzene rings is 2. The van der Waals surface area contributed by atoms with Gasteiger partial charge in [0.15, 0.2) is 23.1 Å². The van der Waals surface area contributed by atoms with E-state index in [1.165, 1.54) is 13.2 Å². The molecule has 5 heteroatoms. The van der Waals surface area contributed by atoms with Crippen molar-refractivity contribution in [1.29, 1.82) is 0 Å². The van der Waals surface area contributed by atoms with Gasteiger partial charge in [0.2, 0.25) is 0 Å². The number of fused-ring (bicyclic) bond motifs is 1. The Kier molecular flexibility index (Phi) is 4.71. The summed E-state index contributed by atoms with van der Waals surface area (Å²) in [5.74, 6) is -0.580. The van der Waals surface area contributed by atoms with Crippen LogP contribution in [0.4, 0.5) is 0 Å². The van der Waals surface area contributed by atoms with E-state index in [1.54, 1.807) is 56.3 Å². The Bertz CT molecular complexity index is 900. The zero-order valence-electron chi connectivity index (χ0n) is 14.7. The molecular weight excluding hydrogens is 332 g/mol. The lowest BCUT2D eigenvalue weighted by Crippen LogP contribution is -2.15. The SMILES string of the molecule is COc1cc(C=C2C(=O)c3ccccc3C2=O)ccc1OC(=O)C(C)C. The number of hydrogen-bond donors (Lipinski definition) is 0. The summed E-state index contributed by atoms with van der Waals surface area (Å²) in [6, 6.07) is 11.6. The minimum absolute atomic E-state index is 0.111. The number of rotatable bonds is 4. The van der Waals surface area contributed by atoms with Gasteiger partial charge in [-0.3, -0.25) is 14.4 Å². The number of allylic oxidation sites excluding steroid dienone is 1. The van der Waals surface area contributed by atoms with Crippen LogP contribution in [0, 0.1) is 5.92 Å². The Labute approximate surface area is 151 Å². The molecule has 132 valence electrons. The maximum absolute atomic E-state index is 12.5. The first kappa shape index (κ1) is 17.6. The second-order valence-electron chi connectivity index (χ2n) is 6.25. The van der Waals surface area contributed by atoms with Crippen molar-refractivity contribution in [2.24, 2.45) is 5.92 Å². The van der Waals surface area contributed by atoms with Crippen LogP contribution in [0.1, 0.15) is 40.1 Å². The number of Topliss-reactive ketones (excluding diaryl/α,β-unsaturated/α-hetero) is 2. The van der Waals surface area contributed by atoms with E-state index in [9.17, 15) is 14.4 Å². The predicted molar refractivity (Wildman–Crippen MR) is 96.5 cm³/mol. The third-order valence-corrected chi connectivity index (χ3v) is 4.09. The Balaban J connectivity index is 1.94. The molecule has 0 saturated heterocycles. The quantitative estimate of drug-likeness (QED) is 0.364. The topological polar surface area (TPSA) is 69.7 Å². The van der Waals surface area contributed by atoms with Crippen LogP contribution in [0.3, 0.4) is 0 Å². The average Bonchev–Trinajstić information content (AvgIpc) is 2.88. The lowest BCUT2D eigenvalue weighted by Gasteiger charge is -2.11. The number of carbonyl (C=O) groups excluding carboxylic acids is 3. The molecule has 0 unspecified atom stereocenters. The Morgan fingerprint density at radius 3 is 2.12 bits per heavy atom. The van der Waals surface area contributed by atoms with Gasteiger partial charge in [-0.25, -0.2) is 0 Å². The number of hydrogen-bond acceptors (Lipinski definition) is 5. The maximum atomic E-state index is 12.5. The lowest BCUT2D eigenvalue weighted by atomic mass is 10.1. The van der Waals surface area contributed by atoms with Gasteiger partial charge < -0.3 is 9.47 Å². The zero-order chi connectivity index (χ0) is 18.8. The molecule has 0 aliphatic heterocycles. The summed E-state index contributed by atoms with van der Waals surface area (Å²) in [7, 11) is 1.46. The van der Waals surface area contributed by atoms with E-state index < -0.39 is 0 Å². The number of esters is 1. The van der Waals surface area contributed by atoms with E-state index in [0.29, 0.717) is 28.2 Å². The van der Waals surface area contributed by atoms with E-state index in [1.807, 2.05) is 0 Å². The molecule has 0 fully saturated rings. The van der Waals surface area contributed by atoms with E-state index in [2.05, 4.69) is 0 Å². The molecule has 0 amide bonds. The third kappa shape index (κ3) is 3.16. The fourth-order valence-corrected chi connectivity index (χ4v) is 2.65. The molecule has 0 heterocycles. The fourth-order valence-electron chi connectivity index (χ4n) is 2.65. The summed E-state index contributed by atoms with van der Waals surface area (Å²) >= 11 is 0. The normalized spacial score (nSPS) is 13.0. The summed E-state index contributed by atoms with van der Waals surface area (Å²) in [5, 5.41) is 0. The Morgan fingerprint density at radius 1 is 0.962 bits per heavy atom. The molecule has 0 spiro atoms. The van der Waals surface area contributed by atoms with Crippen molar-refractivity contribution in [2.45, 2.75) is 13.8 Å². The molecular formula is C21H18O5. The molecule has 5 nitrogen and oxygen atoms in total. The average molecular weight is 350 g/mol. The van der Waals surface area contributed by atoms with Crippen molar-refractivity contribution in [3.63, 3.8) is 0 Å². The molecule has 0 N–H and O–H groups in total. The van der Waals surface area contributed by atoms with Crippen molar-refractivity contribution in [3.05, 3.63) is 64.7 Å². The molecule has 2 aromatic carbocycles. The summed E-state index contributed by atoms with van der Waals surface area (Å²) in [6.45, 7) is 3.48. The highest BCUT2D eigenvalue weighted by Crippen LogP contribution is 2.32. The van der Waals surface area contributed by atoms with E-state index in [4.69, 9.17) is 9.47 Å². The molecule has 3 rings (SSSR count). The van der Waals surface area contributed by atoms with Crippen LogP contribution in [0.2, 0.25) is 0 Å². The van der Waals surface area contributed by atoms with Gasteiger partial charge in [-0.2, -0.15) is 0 Å². The molecule has 2 aromatic rings. The molecule has 0 bridgehead atoms. The van der Waals surface area contributed by atoms with Crippen molar-refractivity contribution >= 4 is 23.6 Å². The number of methoxy groups -OCH3 is 1. The smallest absolute Gasteiger partial charge is 0.313 e. The van der Waals surface area contributed by atoms with Crippen LogP contribution >= 0.6 is 0 Å². The highest BCUT2D eigenvalue weighted by Gasteiger charge is 2.32. The van der Waals surface area contributed by atoms with E-state index >= 15 is 0 Å². The summed E-state index contributed by atoms with van der Waals surface area (Å²) in [4.78, 5) is 36.7. The Morgan fingerprint density at radius 2 is 1.58 bits per heavy atom. The van der Waals surface area contributed by atoms with E-state index in [-0.39, 0.29) is 29.0 Å².